The number of benzene rings is 1. The minimum atomic E-state index is 0.683. The molecule has 0 saturated heterocycles. The maximum atomic E-state index is 5.97. The highest BCUT2D eigenvalue weighted by Gasteiger charge is 2.03. The molecule has 1 aromatic carbocycles. The Morgan fingerprint density at radius 3 is 2.95 bits per heavy atom. The quantitative estimate of drug-likeness (QED) is 0.796. The monoisotopic (exact) mass is 272 g/mol. The highest BCUT2D eigenvalue weighted by Crippen LogP contribution is 2.24. The summed E-state index contributed by atoms with van der Waals surface area (Å²) < 4.78 is 1.79. The van der Waals surface area contributed by atoms with Crippen LogP contribution in [0.15, 0.2) is 42.7 Å². The maximum absolute atomic E-state index is 5.97. The third kappa shape index (κ3) is 2.53. The first-order chi connectivity index (χ1) is 9.22. The van der Waals surface area contributed by atoms with Crippen LogP contribution in [0.2, 0.25) is 5.02 Å². The Hall–Kier alpha value is -2.07. The SMILES string of the molecule is Cn1ccc(CNc2ccnc3cc(Cl)ccc23)n1. The molecule has 3 aromatic rings. The Morgan fingerprint density at radius 1 is 1.26 bits per heavy atom. The molecule has 0 spiro atoms. The van der Waals surface area contributed by atoms with Crippen LogP contribution in [0.5, 0.6) is 0 Å². The number of hydrogen-bond donors (Lipinski definition) is 1. The topological polar surface area (TPSA) is 42.7 Å². The maximum Gasteiger partial charge on any atom is 0.0815 e. The predicted molar refractivity (Wildman–Crippen MR) is 77.3 cm³/mol. The van der Waals surface area contributed by atoms with Gasteiger partial charge in [-0.25, -0.2) is 0 Å². The Bertz CT molecular complexity index is 720. The van der Waals surface area contributed by atoms with Gasteiger partial charge in [0.05, 0.1) is 17.8 Å². The number of halogens is 1. The minimum absolute atomic E-state index is 0.683. The molecular formula is C14H13ClN4. The van der Waals surface area contributed by atoms with Gasteiger partial charge >= 0.3 is 0 Å². The number of anilines is 1. The molecule has 0 aliphatic heterocycles. The first-order valence-corrected chi connectivity index (χ1v) is 6.37. The molecule has 0 aliphatic rings. The van der Waals surface area contributed by atoms with Crippen LogP contribution in [-0.4, -0.2) is 14.8 Å². The van der Waals surface area contributed by atoms with E-state index in [1.165, 1.54) is 0 Å². The number of pyridine rings is 1. The summed E-state index contributed by atoms with van der Waals surface area (Å²) in [6.45, 7) is 0.683. The number of rotatable bonds is 3. The van der Waals surface area contributed by atoms with Crippen LogP contribution in [0.4, 0.5) is 5.69 Å². The van der Waals surface area contributed by atoms with E-state index >= 15 is 0 Å². The van der Waals surface area contributed by atoms with E-state index in [4.69, 9.17) is 11.6 Å². The molecule has 0 fully saturated rings. The van der Waals surface area contributed by atoms with Gasteiger partial charge in [-0.15, -0.1) is 0 Å². The molecule has 1 N–H and O–H groups in total. The molecule has 3 rings (SSSR count). The van der Waals surface area contributed by atoms with Crippen LogP contribution in [0.3, 0.4) is 0 Å². The predicted octanol–water partition coefficient (Wildman–Crippen LogP) is 3.23. The average molecular weight is 273 g/mol. The van der Waals surface area contributed by atoms with Crippen molar-refractivity contribution in [2.75, 3.05) is 5.32 Å². The van der Waals surface area contributed by atoms with Gasteiger partial charge in [-0.3, -0.25) is 9.67 Å². The summed E-state index contributed by atoms with van der Waals surface area (Å²) in [4.78, 5) is 4.32. The fourth-order valence-electron chi connectivity index (χ4n) is 2.02. The van der Waals surface area contributed by atoms with Crippen LogP contribution >= 0.6 is 11.6 Å². The third-order valence-corrected chi connectivity index (χ3v) is 3.17. The summed E-state index contributed by atoms with van der Waals surface area (Å²) in [6, 6.07) is 9.66. The molecule has 0 radical (unpaired) electrons. The summed E-state index contributed by atoms with van der Waals surface area (Å²) >= 11 is 5.97. The van der Waals surface area contributed by atoms with Crippen molar-refractivity contribution in [1.82, 2.24) is 14.8 Å². The lowest BCUT2D eigenvalue weighted by atomic mass is 10.2. The molecule has 0 aliphatic carbocycles. The van der Waals surface area contributed by atoms with Gasteiger partial charge < -0.3 is 5.32 Å². The molecular weight excluding hydrogens is 260 g/mol. The van der Waals surface area contributed by atoms with Crippen LogP contribution < -0.4 is 5.32 Å². The molecule has 19 heavy (non-hydrogen) atoms. The summed E-state index contributed by atoms with van der Waals surface area (Å²) in [5.74, 6) is 0. The van der Waals surface area contributed by atoms with Crippen molar-refractivity contribution in [3.8, 4) is 0 Å². The van der Waals surface area contributed by atoms with Gasteiger partial charge in [0.15, 0.2) is 0 Å². The van der Waals surface area contributed by atoms with Crippen molar-refractivity contribution in [2.45, 2.75) is 6.54 Å². The van der Waals surface area contributed by atoms with Crippen LogP contribution in [0.1, 0.15) is 5.69 Å². The van der Waals surface area contributed by atoms with E-state index in [0.717, 1.165) is 22.3 Å². The molecule has 0 bridgehead atoms. The van der Waals surface area contributed by atoms with Gasteiger partial charge in [-0.2, -0.15) is 5.10 Å². The van der Waals surface area contributed by atoms with Gasteiger partial charge in [0.2, 0.25) is 0 Å². The minimum Gasteiger partial charge on any atom is -0.379 e. The van der Waals surface area contributed by atoms with Gasteiger partial charge in [0.25, 0.3) is 0 Å². The van der Waals surface area contributed by atoms with Crippen molar-refractivity contribution in [3.05, 3.63) is 53.4 Å². The van der Waals surface area contributed by atoms with E-state index < -0.39 is 0 Å². The first-order valence-electron chi connectivity index (χ1n) is 5.99. The van der Waals surface area contributed by atoms with E-state index in [-0.39, 0.29) is 0 Å². The van der Waals surface area contributed by atoms with Crippen molar-refractivity contribution in [1.29, 1.82) is 0 Å². The van der Waals surface area contributed by atoms with E-state index in [0.29, 0.717) is 11.6 Å². The Balaban J connectivity index is 1.88. The standard InChI is InChI=1S/C14H13ClN4/c1-19-7-5-11(18-19)9-17-13-4-6-16-14-8-10(15)2-3-12(13)14/h2-8H,9H2,1H3,(H,16,17). The molecule has 0 saturated carbocycles. The Morgan fingerprint density at radius 2 is 2.16 bits per heavy atom. The van der Waals surface area contributed by atoms with Crippen LogP contribution in [0.25, 0.3) is 10.9 Å². The lowest BCUT2D eigenvalue weighted by molar-refractivity contribution is 0.747. The molecule has 2 aromatic heterocycles. The Kier molecular flexibility index (Phi) is 3.09. The molecule has 4 nitrogen and oxygen atoms in total. The zero-order valence-electron chi connectivity index (χ0n) is 10.5. The lowest BCUT2D eigenvalue weighted by Gasteiger charge is -2.08. The van der Waals surface area contributed by atoms with Gasteiger partial charge in [-0.05, 0) is 30.3 Å². The highest BCUT2D eigenvalue weighted by atomic mass is 35.5. The van der Waals surface area contributed by atoms with E-state index in [9.17, 15) is 0 Å². The first kappa shape index (κ1) is 12.0. The van der Waals surface area contributed by atoms with Crippen molar-refractivity contribution >= 4 is 28.2 Å². The highest BCUT2D eigenvalue weighted by molar-refractivity contribution is 6.31. The van der Waals surface area contributed by atoms with Crippen molar-refractivity contribution in [3.63, 3.8) is 0 Å². The number of aryl methyl sites for hydroxylation is 1. The molecule has 0 unspecified atom stereocenters. The Labute approximate surface area is 116 Å². The van der Waals surface area contributed by atoms with Gasteiger partial charge in [-0.1, -0.05) is 11.6 Å². The molecule has 2 heterocycles. The number of fused-ring (bicyclic) bond motifs is 1. The van der Waals surface area contributed by atoms with E-state index in [2.05, 4.69) is 15.4 Å². The van der Waals surface area contributed by atoms with Crippen molar-refractivity contribution < 1.29 is 0 Å². The smallest absolute Gasteiger partial charge is 0.0815 e. The van der Waals surface area contributed by atoms with Gasteiger partial charge in [0.1, 0.15) is 0 Å². The number of nitrogens with one attached hydrogen (secondary N) is 1. The fourth-order valence-corrected chi connectivity index (χ4v) is 2.18. The molecule has 96 valence electrons. The third-order valence-electron chi connectivity index (χ3n) is 2.93. The van der Waals surface area contributed by atoms with Crippen LogP contribution in [0, 0.1) is 0 Å². The summed E-state index contributed by atoms with van der Waals surface area (Å²) in [5, 5.41) is 9.47. The molecule has 0 atom stereocenters. The summed E-state index contributed by atoms with van der Waals surface area (Å²) in [6.07, 6.45) is 3.71. The zero-order chi connectivity index (χ0) is 13.2. The second kappa shape index (κ2) is 4.90. The second-order valence-electron chi connectivity index (χ2n) is 4.35. The molecule has 5 heteroatoms. The van der Waals surface area contributed by atoms with Gasteiger partial charge in [0, 0.05) is 35.5 Å². The van der Waals surface area contributed by atoms with E-state index in [1.807, 2.05) is 43.6 Å². The lowest BCUT2D eigenvalue weighted by Crippen LogP contribution is -2.02. The van der Waals surface area contributed by atoms with E-state index in [1.54, 1.807) is 10.9 Å². The average Bonchev–Trinajstić information content (AvgIpc) is 2.81. The van der Waals surface area contributed by atoms with Crippen molar-refractivity contribution in [2.24, 2.45) is 7.05 Å². The zero-order valence-corrected chi connectivity index (χ0v) is 11.2. The summed E-state index contributed by atoms with van der Waals surface area (Å²) in [5.41, 5.74) is 2.92. The largest absolute Gasteiger partial charge is 0.379 e. The van der Waals surface area contributed by atoms with Crippen LogP contribution in [-0.2, 0) is 13.6 Å². The second-order valence-corrected chi connectivity index (χ2v) is 4.79. The fraction of sp³-hybridized carbons (Fsp3) is 0.143. The number of aromatic nitrogens is 3. The summed E-state index contributed by atoms with van der Waals surface area (Å²) in [7, 11) is 1.91. The number of nitrogens with zero attached hydrogens (tertiary/aromatic N) is 3. The molecule has 0 amide bonds. The normalized spacial score (nSPS) is 10.8. The number of hydrogen-bond acceptors (Lipinski definition) is 3.